The van der Waals surface area contributed by atoms with Crippen LogP contribution in [0.25, 0.3) is 0 Å². The summed E-state index contributed by atoms with van der Waals surface area (Å²) in [6, 6.07) is 0. The fourth-order valence-corrected chi connectivity index (χ4v) is 0.688. The molecule has 0 aromatic carbocycles. The van der Waals surface area contributed by atoms with Gasteiger partial charge in [-0.3, -0.25) is 4.79 Å². The van der Waals surface area contributed by atoms with Crippen LogP contribution in [0.15, 0.2) is 0 Å². The quantitative estimate of drug-likeness (QED) is 0.361. The molecule has 0 bridgehead atoms. The van der Waals surface area contributed by atoms with E-state index in [9.17, 15) is 9.59 Å². The van der Waals surface area contributed by atoms with Crippen molar-refractivity contribution in [2.45, 2.75) is 12.3 Å². The fraction of sp³-hybridized carbons (Fsp3) is 0.714. The zero-order chi connectivity index (χ0) is 9.56. The standard InChI is InChI=1S/C7H11ClO4/c1-3-12-7(10)6(8)5(9)4-11-2/h6H,3-4H2,1-2H3. The summed E-state index contributed by atoms with van der Waals surface area (Å²) in [4.78, 5) is 21.7. The Labute approximate surface area is 75.8 Å². The van der Waals surface area contributed by atoms with Gasteiger partial charge in [0.1, 0.15) is 6.61 Å². The number of ether oxygens (including phenoxy) is 2. The lowest BCUT2D eigenvalue weighted by molar-refractivity contribution is -0.145. The van der Waals surface area contributed by atoms with Crippen LogP contribution in [-0.2, 0) is 19.1 Å². The number of halogens is 1. The van der Waals surface area contributed by atoms with Crippen molar-refractivity contribution in [3.05, 3.63) is 0 Å². The normalized spacial score (nSPS) is 12.2. The van der Waals surface area contributed by atoms with E-state index in [1.807, 2.05) is 0 Å². The first-order valence-corrected chi connectivity index (χ1v) is 3.89. The van der Waals surface area contributed by atoms with Gasteiger partial charge in [-0.1, -0.05) is 0 Å². The molecule has 0 fully saturated rings. The number of carbonyl (C=O) groups is 2. The number of rotatable bonds is 5. The second-order valence-corrected chi connectivity index (χ2v) is 2.45. The molecule has 0 saturated carbocycles. The smallest absolute Gasteiger partial charge is 0.331 e. The lowest BCUT2D eigenvalue weighted by Gasteiger charge is -2.06. The molecule has 0 aliphatic carbocycles. The minimum absolute atomic E-state index is 0.174. The first kappa shape index (κ1) is 11.4. The van der Waals surface area contributed by atoms with Crippen molar-refractivity contribution in [1.82, 2.24) is 0 Å². The monoisotopic (exact) mass is 194 g/mol. The summed E-state index contributed by atoms with van der Waals surface area (Å²) in [6.45, 7) is 1.68. The van der Waals surface area contributed by atoms with Crippen LogP contribution in [0.3, 0.4) is 0 Å². The van der Waals surface area contributed by atoms with E-state index in [0.29, 0.717) is 0 Å². The minimum atomic E-state index is -1.25. The number of methoxy groups -OCH3 is 1. The Kier molecular flexibility index (Phi) is 5.66. The molecule has 0 spiro atoms. The number of Topliss-reactive ketones (excluding diaryl/α,β-unsaturated/α-hetero) is 1. The summed E-state index contributed by atoms with van der Waals surface area (Å²) >= 11 is 5.44. The molecule has 0 aliphatic rings. The summed E-state index contributed by atoms with van der Waals surface area (Å²) in [7, 11) is 1.35. The highest BCUT2D eigenvalue weighted by Crippen LogP contribution is 2.01. The van der Waals surface area contributed by atoms with Crippen molar-refractivity contribution in [2.75, 3.05) is 20.3 Å². The van der Waals surface area contributed by atoms with Crippen molar-refractivity contribution in [1.29, 1.82) is 0 Å². The van der Waals surface area contributed by atoms with Gasteiger partial charge in [-0.25, -0.2) is 4.79 Å². The molecule has 12 heavy (non-hydrogen) atoms. The average molecular weight is 195 g/mol. The van der Waals surface area contributed by atoms with Crippen molar-refractivity contribution in [2.24, 2.45) is 0 Å². The van der Waals surface area contributed by atoms with Gasteiger partial charge in [-0.2, -0.15) is 0 Å². The van der Waals surface area contributed by atoms with Gasteiger partial charge in [0.25, 0.3) is 0 Å². The molecular formula is C7H11ClO4. The van der Waals surface area contributed by atoms with Crippen LogP contribution in [0.2, 0.25) is 0 Å². The maximum atomic E-state index is 10.9. The lowest BCUT2D eigenvalue weighted by Crippen LogP contribution is -2.29. The molecule has 0 aliphatic heterocycles. The zero-order valence-corrected chi connectivity index (χ0v) is 7.76. The number of carbonyl (C=O) groups excluding carboxylic acids is 2. The molecule has 70 valence electrons. The van der Waals surface area contributed by atoms with Gasteiger partial charge in [0.05, 0.1) is 6.61 Å². The minimum Gasteiger partial charge on any atom is -0.465 e. The van der Waals surface area contributed by atoms with Crippen LogP contribution in [-0.4, -0.2) is 37.5 Å². The maximum absolute atomic E-state index is 10.9. The molecular weight excluding hydrogens is 184 g/mol. The third-order valence-corrected chi connectivity index (χ3v) is 1.48. The summed E-state index contributed by atoms with van der Waals surface area (Å²) < 4.78 is 9.04. The third kappa shape index (κ3) is 3.69. The van der Waals surface area contributed by atoms with Crippen molar-refractivity contribution < 1.29 is 19.1 Å². The number of hydrogen-bond donors (Lipinski definition) is 0. The van der Waals surface area contributed by atoms with Gasteiger partial charge >= 0.3 is 5.97 Å². The molecule has 1 atom stereocenters. The third-order valence-electron chi connectivity index (χ3n) is 1.06. The number of alkyl halides is 1. The molecule has 0 N–H and O–H groups in total. The van der Waals surface area contributed by atoms with E-state index < -0.39 is 17.1 Å². The van der Waals surface area contributed by atoms with Gasteiger partial charge in [0.15, 0.2) is 11.2 Å². The van der Waals surface area contributed by atoms with Crippen LogP contribution in [0.4, 0.5) is 0 Å². The Morgan fingerprint density at radius 3 is 2.50 bits per heavy atom. The Bertz CT molecular complexity index is 151. The van der Waals surface area contributed by atoms with Gasteiger partial charge in [0.2, 0.25) is 0 Å². The Morgan fingerprint density at radius 2 is 2.08 bits per heavy atom. The first-order chi connectivity index (χ1) is 5.63. The van der Waals surface area contributed by atoms with Crippen LogP contribution < -0.4 is 0 Å². The molecule has 5 heteroatoms. The van der Waals surface area contributed by atoms with Crippen LogP contribution in [0.5, 0.6) is 0 Å². The lowest BCUT2D eigenvalue weighted by atomic mass is 10.3. The predicted molar refractivity (Wildman–Crippen MR) is 43.2 cm³/mol. The van der Waals surface area contributed by atoms with E-state index in [1.54, 1.807) is 6.92 Å². The predicted octanol–water partition coefficient (Wildman–Crippen LogP) is 0.372. The average Bonchev–Trinajstić information content (AvgIpc) is 2.04. The second kappa shape index (κ2) is 5.97. The van der Waals surface area contributed by atoms with E-state index >= 15 is 0 Å². The highest BCUT2D eigenvalue weighted by molar-refractivity contribution is 6.41. The summed E-state index contributed by atoms with van der Waals surface area (Å²) in [5, 5.41) is -1.25. The largest absolute Gasteiger partial charge is 0.465 e. The van der Waals surface area contributed by atoms with E-state index in [2.05, 4.69) is 9.47 Å². The van der Waals surface area contributed by atoms with Crippen LogP contribution >= 0.6 is 11.6 Å². The van der Waals surface area contributed by atoms with Crippen molar-refractivity contribution >= 4 is 23.4 Å². The number of ketones is 1. The fourth-order valence-electron chi connectivity index (χ4n) is 0.562. The number of esters is 1. The van der Waals surface area contributed by atoms with Gasteiger partial charge < -0.3 is 9.47 Å². The molecule has 0 saturated heterocycles. The molecule has 4 nitrogen and oxygen atoms in total. The Balaban J connectivity index is 3.91. The summed E-state index contributed by atoms with van der Waals surface area (Å²) in [5.41, 5.74) is 0. The molecule has 0 radical (unpaired) electrons. The summed E-state index contributed by atoms with van der Waals surface area (Å²) in [5.74, 6) is -1.21. The van der Waals surface area contributed by atoms with E-state index in [4.69, 9.17) is 11.6 Å². The SMILES string of the molecule is CCOC(=O)C(Cl)C(=O)COC. The van der Waals surface area contributed by atoms with Crippen LogP contribution in [0, 0.1) is 0 Å². The molecule has 0 aromatic heterocycles. The molecule has 0 rings (SSSR count). The molecule has 0 amide bonds. The first-order valence-electron chi connectivity index (χ1n) is 3.45. The molecule has 0 aromatic rings. The van der Waals surface area contributed by atoms with Gasteiger partial charge in [0, 0.05) is 7.11 Å². The van der Waals surface area contributed by atoms with E-state index in [-0.39, 0.29) is 13.2 Å². The maximum Gasteiger partial charge on any atom is 0.331 e. The van der Waals surface area contributed by atoms with Crippen molar-refractivity contribution in [3.63, 3.8) is 0 Å². The Hall–Kier alpha value is -0.610. The highest BCUT2D eigenvalue weighted by atomic mass is 35.5. The molecule has 0 heterocycles. The van der Waals surface area contributed by atoms with Gasteiger partial charge in [-0.15, -0.1) is 11.6 Å². The van der Waals surface area contributed by atoms with Gasteiger partial charge in [-0.05, 0) is 6.92 Å². The topological polar surface area (TPSA) is 52.6 Å². The van der Waals surface area contributed by atoms with Crippen LogP contribution in [0.1, 0.15) is 6.92 Å². The highest BCUT2D eigenvalue weighted by Gasteiger charge is 2.24. The van der Waals surface area contributed by atoms with E-state index in [0.717, 1.165) is 0 Å². The van der Waals surface area contributed by atoms with Crippen molar-refractivity contribution in [3.8, 4) is 0 Å². The number of hydrogen-bond acceptors (Lipinski definition) is 4. The second-order valence-electron chi connectivity index (χ2n) is 2.01. The van der Waals surface area contributed by atoms with E-state index in [1.165, 1.54) is 7.11 Å². The molecule has 1 unspecified atom stereocenters. The summed E-state index contributed by atoms with van der Waals surface area (Å²) in [6.07, 6.45) is 0. The Morgan fingerprint density at radius 1 is 1.50 bits per heavy atom. The zero-order valence-electron chi connectivity index (χ0n) is 7.00.